The maximum absolute atomic E-state index is 15.2. The first-order valence-electron chi connectivity index (χ1n) is 8.19. The van der Waals surface area contributed by atoms with Crippen LogP contribution in [0.4, 0.5) is 14.5 Å². The van der Waals surface area contributed by atoms with Crippen molar-refractivity contribution in [2.24, 2.45) is 0 Å². The van der Waals surface area contributed by atoms with Crippen molar-refractivity contribution in [3.8, 4) is 0 Å². The Hall–Kier alpha value is -2.48. The Balaban J connectivity index is 2.31. The van der Waals surface area contributed by atoms with Crippen molar-refractivity contribution in [3.05, 3.63) is 39.7 Å². The number of aromatic nitrogens is 1. The highest BCUT2D eigenvalue weighted by Gasteiger charge is 2.27. The molecule has 0 aliphatic carbocycles. The van der Waals surface area contributed by atoms with Gasteiger partial charge in [-0.25, -0.2) is 8.78 Å². The Labute approximate surface area is 142 Å². The molecule has 0 spiro atoms. The van der Waals surface area contributed by atoms with Crippen LogP contribution in [0.3, 0.4) is 0 Å². The summed E-state index contributed by atoms with van der Waals surface area (Å²) in [4.78, 5) is 25.1. The molecule has 2 aromatic rings. The molecule has 8 heteroatoms. The van der Waals surface area contributed by atoms with E-state index in [0.717, 1.165) is 12.3 Å². The number of carboxylic acids is 1. The Morgan fingerprint density at radius 2 is 2.16 bits per heavy atom. The number of quaternary nitrogens is 1. The van der Waals surface area contributed by atoms with Gasteiger partial charge in [0.25, 0.3) is 0 Å². The number of hydrogen-bond donors (Lipinski definition) is 1. The average Bonchev–Trinajstić information content (AvgIpc) is 2.55. The van der Waals surface area contributed by atoms with Gasteiger partial charge in [-0.05, 0) is 19.9 Å². The first-order valence-corrected chi connectivity index (χ1v) is 8.19. The number of anilines is 1. The number of halogens is 2. The molecule has 1 aliphatic rings. The van der Waals surface area contributed by atoms with Crippen LogP contribution in [0.15, 0.2) is 17.1 Å². The van der Waals surface area contributed by atoms with Crippen LogP contribution in [0.5, 0.6) is 0 Å². The minimum absolute atomic E-state index is 0.0869. The van der Waals surface area contributed by atoms with Crippen LogP contribution in [-0.2, 0) is 6.54 Å². The predicted octanol–water partition coefficient (Wildman–Crippen LogP) is -0.565. The highest BCUT2D eigenvalue weighted by atomic mass is 19.1. The number of pyridine rings is 1. The number of nitrogens with two attached hydrogens (primary N) is 1. The molecule has 1 saturated heterocycles. The Kier molecular flexibility index (Phi) is 4.47. The fourth-order valence-electron chi connectivity index (χ4n) is 3.39. The van der Waals surface area contributed by atoms with Gasteiger partial charge in [0.05, 0.1) is 42.1 Å². The molecular weight excluding hydrogens is 332 g/mol. The number of carbonyl (C=O) groups is 1. The van der Waals surface area contributed by atoms with E-state index in [1.165, 1.54) is 4.57 Å². The normalized spacial score (nSPS) is 17.9. The van der Waals surface area contributed by atoms with Crippen LogP contribution in [-0.4, -0.2) is 36.2 Å². The first kappa shape index (κ1) is 17.3. The van der Waals surface area contributed by atoms with E-state index in [1.54, 1.807) is 11.8 Å². The van der Waals surface area contributed by atoms with Crippen molar-refractivity contribution in [1.29, 1.82) is 0 Å². The summed E-state index contributed by atoms with van der Waals surface area (Å²) in [6, 6.07) is 1.12. The van der Waals surface area contributed by atoms with Gasteiger partial charge in [0.1, 0.15) is 17.5 Å². The fraction of sp³-hybridized carbons (Fsp3) is 0.412. The number of aromatic carboxylic acids is 1. The topological polar surface area (TPSA) is 82.0 Å². The lowest BCUT2D eigenvalue weighted by Gasteiger charge is -2.32. The smallest absolute Gasteiger partial charge is 0.198 e. The molecule has 1 fully saturated rings. The summed E-state index contributed by atoms with van der Waals surface area (Å²) in [7, 11) is 0. The summed E-state index contributed by atoms with van der Waals surface area (Å²) in [6.07, 6.45) is 1.05. The standard InChI is InChI=1S/C17H19F2N3O3/c1-3-21-8-11(17(24)25)16(23)10-6-12(18)15(13(19)14(10)21)22-5-4-20-9(2)7-22/h6,8-9,20H,3-5,7H2,1-2H3,(H,24,25)/t9-/m0/s1. The molecule has 0 saturated carbocycles. The summed E-state index contributed by atoms with van der Waals surface area (Å²) in [5.41, 5.74) is -1.81. The van der Waals surface area contributed by atoms with Crippen LogP contribution in [0.1, 0.15) is 24.2 Å². The zero-order valence-electron chi connectivity index (χ0n) is 14.0. The van der Waals surface area contributed by atoms with Gasteiger partial charge < -0.3 is 24.7 Å². The molecule has 1 atom stereocenters. The number of fused-ring (bicyclic) bond motifs is 1. The lowest BCUT2D eigenvalue weighted by Crippen LogP contribution is -2.94. The molecule has 1 aromatic carbocycles. The molecule has 1 aliphatic heterocycles. The molecular formula is C17H19F2N3O3. The summed E-state index contributed by atoms with van der Waals surface area (Å²) < 4.78 is 31.1. The Bertz CT molecular complexity index is 910. The molecule has 2 heterocycles. The van der Waals surface area contributed by atoms with Gasteiger partial charge in [0.15, 0.2) is 11.2 Å². The second kappa shape index (κ2) is 6.44. The lowest BCUT2D eigenvalue weighted by molar-refractivity contribution is -0.687. The van der Waals surface area contributed by atoms with E-state index in [-0.39, 0.29) is 29.2 Å². The van der Waals surface area contributed by atoms with Crippen molar-refractivity contribution >= 4 is 22.6 Å². The van der Waals surface area contributed by atoms with Crippen molar-refractivity contribution in [2.45, 2.75) is 26.4 Å². The minimum Gasteiger partial charge on any atom is -0.545 e. The molecule has 134 valence electrons. The second-order valence-corrected chi connectivity index (χ2v) is 6.31. The zero-order valence-corrected chi connectivity index (χ0v) is 14.0. The number of piperazine rings is 1. The van der Waals surface area contributed by atoms with Crippen LogP contribution >= 0.6 is 0 Å². The third-order valence-electron chi connectivity index (χ3n) is 4.58. The maximum atomic E-state index is 15.2. The first-order chi connectivity index (χ1) is 11.8. The number of hydrogen-bond acceptors (Lipinski definition) is 4. The van der Waals surface area contributed by atoms with Gasteiger partial charge in [-0.1, -0.05) is 0 Å². The van der Waals surface area contributed by atoms with E-state index >= 15 is 4.39 Å². The van der Waals surface area contributed by atoms with Crippen molar-refractivity contribution in [3.63, 3.8) is 0 Å². The van der Waals surface area contributed by atoms with E-state index in [1.807, 2.05) is 6.92 Å². The van der Waals surface area contributed by atoms with E-state index in [9.17, 15) is 19.1 Å². The highest BCUT2D eigenvalue weighted by molar-refractivity contribution is 5.92. The monoisotopic (exact) mass is 351 g/mol. The number of benzene rings is 1. The van der Waals surface area contributed by atoms with Gasteiger partial charge >= 0.3 is 0 Å². The van der Waals surface area contributed by atoms with Gasteiger partial charge in [0, 0.05) is 12.7 Å². The Morgan fingerprint density at radius 1 is 1.44 bits per heavy atom. The minimum atomic E-state index is -1.67. The molecule has 0 radical (unpaired) electrons. The van der Waals surface area contributed by atoms with Gasteiger partial charge in [0.2, 0.25) is 0 Å². The number of rotatable bonds is 3. The quantitative estimate of drug-likeness (QED) is 0.803. The van der Waals surface area contributed by atoms with Gasteiger partial charge in [-0.2, -0.15) is 0 Å². The van der Waals surface area contributed by atoms with E-state index < -0.39 is 28.6 Å². The van der Waals surface area contributed by atoms with E-state index in [0.29, 0.717) is 19.6 Å². The average molecular weight is 351 g/mol. The predicted molar refractivity (Wildman–Crippen MR) is 86.6 cm³/mol. The third kappa shape index (κ3) is 2.86. The van der Waals surface area contributed by atoms with Crippen molar-refractivity contribution < 1.29 is 24.0 Å². The molecule has 0 unspecified atom stereocenters. The Morgan fingerprint density at radius 3 is 2.76 bits per heavy atom. The molecule has 1 aromatic heterocycles. The molecule has 0 bridgehead atoms. The number of carboxylic acid groups (broad SMARTS) is 1. The van der Waals surface area contributed by atoms with Crippen molar-refractivity contribution in [2.75, 3.05) is 24.5 Å². The maximum Gasteiger partial charge on any atom is 0.198 e. The summed E-state index contributed by atoms with van der Waals surface area (Å²) in [5, 5.41) is 12.9. The fourth-order valence-corrected chi connectivity index (χ4v) is 3.39. The summed E-state index contributed by atoms with van der Waals surface area (Å²) in [6.45, 7) is 5.55. The van der Waals surface area contributed by atoms with Crippen LogP contribution in [0, 0.1) is 11.6 Å². The van der Waals surface area contributed by atoms with Crippen LogP contribution < -0.4 is 20.8 Å². The highest BCUT2D eigenvalue weighted by Crippen LogP contribution is 2.30. The second-order valence-electron chi connectivity index (χ2n) is 6.31. The van der Waals surface area contributed by atoms with Gasteiger partial charge in [-0.3, -0.25) is 4.79 Å². The number of aryl methyl sites for hydroxylation is 1. The summed E-state index contributed by atoms with van der Waals surface area (Å²) >= 11 is 0. The van der Waals surface area contributed by atoms with E-state index in [2.05, 4.69) is 5.32 Å². The molecule has 3 rings (SSSR count). The molecule has 6 nitrogen and oxygen atoms in total. The zero-order chi connectivity index (χ0) is 18.3. The number of nitrogens with zero attached hydrogens (tertiary/aromatic N) is 2. The van der Waals surface area contributed by atoms with Crippen LogP contribution in [0.25, 0.3) is 10.9 Å². The van der Waals surface area contributed by atoms with Gasteiger partial charge in [-0.15, -0.1) is 0 Å². The summed E-state index contributed by atoms with van der Waals surface area (Å²) in [5.74, 6) is -3.37. The van der Waals surface area contributed by atoms with Crippen LogP contribution in [0.2, 0.25) is 0 Å². The third-order valence-corrected chi connectivity index (χ3v) is 4.58. The number of carbonyl (C=O) groups excluding carboxylic acids is 1. The lowest BCUT2D eigenvalue weighted by atomic mass is 10.1. The molecule has 25 heavy (non-hydrogen) atoms. The SMILES string of the molecule is CCn1cc(C(=O)[O-])c(=O)c2cc(F)c(N3CC[NH2+][C@@H](C)C3)c(F)c21. The molecule has 0 amide bonds. The van der Waals surface area contributed by atoms with E-state index in [4.69, 9.17) is 0 Å². The largest absolute Gasteiger partial charge is 0.545 e. The molecule has 2 N–H and O–H groups in total. The van der Waals surface area contributed by atoms with Crippen molar-refractivity contribution in [1.82, 2.24) is 4.57 Å².